The van der Waals surface area contributed by atoms with Gasteiger partial charge in [-0.25, -0.2) is 4.98 Å². The number of methoxy groups -OCH3 is 1. The van der Waals surface area contributed by atoms with Crippen molar-refractivity contribution in [3.05, 3.63) is 45.4 Å². The Kier molecular flexibility index (Phi) is 5.86. The van der Waals surface area contributed by atoms with Crippen molar-refractivity contribution in [2.75, 3.05) is 13.7 Å². The zero-order chi connectivity index (χ0) is 16.8. The largest absolute Gasteiger partial charge is 0.497 e. The van der Waals surface area contributed by atoms with E-state index in [2.05, 4.69) is 5.32 Å². The molecule has 0 radical (unpaired) electrons. The first-order valence-corrected chi connectivity index (χ1v) is 9.43. The molecule has 0 saturated heterocycles. The molecule has 1 aliphatic rings. The van der Waals surface area contributed by atoms with E-state index in [4.69, 9.17) is 9.72 Å². The summed E-state index contributed by atoms with van der Waals surface area (Å²) in [4.78, 5) is 18.2. The molecular weight excluding hydrogens is 320 g/mol. The first-order valence-electron chi connectivity index (χ1n) is 8.61. The van der Waals surface area contributed by atoms with Crippen molar-refractivity contribution in [1.82, 2.24) is 10.3 Å². The van der Waals surface area contributed by atoms with E-state index < -0.39 is 0 Å². The van der Waals surface area contributed by atoms with Crippen LogP contribution in [0.2, 0.25) is 0 Å². The number of carbonyl (C=O) groups is 1. The van der Waals surface area contributed by atoms with Gasteiger partial charge in [-0.1, -0.05) is 12.1 Å². The van der Waals surface area contributed by atoms with Crippen LogP contribution in [-0.2, 0) is 30.5 Å². The number of aryl methyl sites for hydroxylation is 3. The van der Waals surface area contributed by atoms with Crippen LogP contribution < -0.4 is 10.1 Å². The van der Waals surface area contributed by atoms with E-state index in [1.807, 2.05) is 35.6 Å². The molecule has 0 aliphatic heterocycles. The molecule has 4 nitrogen and oxygen atoms in total. The molecule has 1 heterocycles. The number of benzene rings is 1. The van der Waals surface area contributed by atoms with Gasteiger partial charge in [-0.15, -0.1) is 11.3 Å². The highest BCUT2D eigenvalue weighted by molar-refractivity contribution is 7.11. The quantitative estimate of drug-likeness (QED) is 0.784. The molecule has 0 fully saturated rings. The molecule has 1 aliphatic carbocycles. The summed E-state index contributed by atoms with van der Waals surface area (Å²) in [6, 6.07) is 7.62. The number of nitrogens with one attached hydrogen (secondary N) is 1. The Morgan fingerprint density at radius 3 is 2.79 bits per heavy atom. The van der Waals surface area contributed by atoms with E-state index in [0.29, 0.717) is 13.0 Å². The van der Waals surface area contributed by atoms with Crippen LogP contribution in [0.1, 0.15) is 40.4 Å². The average Bonchev–Trinajstić information content (AvgIpc) is 3.02. The number of carbonyl (C=O) groups excluding carboxylic acids is 1. The lowest BCUT2D eigenvalue weighted by atomic mass is 10.0. The molecule has 1 aromatic heterocycles. The van der Waals surface area contributed by atoms with Crippen molar-refractivity contribution in [2.45, 2.75) is 44.9 Å². The molecule has 5 heteroatoms. The van der Waals surface area contributed by atoms with Gasteiger partial charge in [-0.2, -0.15) is 0 Å². The summed E-state index contributed by atoms with van der Waals surface area (Å²) in [5.74, 6) is 0.879. The number of ether oxygens (including phenoxy) is 1. The van der Waals surface area contributed by atoms with E-state index >= 15 is 0 Å². The number of thiazole rings is 1. The maximum absolute atomic E-state index is 12.0. The summed E-state index contributed by atoms with van der Waals surface area (Å²) in [5.41, 5.74) is 2.32. The Morgan fingerprint density at radius 1 is 1.25 bits per heavy atom. The fourth-order valence-corrected chi connectivity index (χ4v) is 4.17. The minimum atomic E-state index is 0.0681. The Hall–Kier alpha value is -1.88. The van der Waals surface area contributed by atoms with Gasteiger partial charge in [-0.3, -0.25) is 4.79 Å². The number of aromatic nitrogens is 1. The van der Waals surface area contributed by atoms with Crippen LogP contribution in [0.5, 0.6) is 5.75 Å². The molecular formula is C19H24N2O2S. The molecule has 0 saturated carbocycles. The summed E-state index contributed by atoms with van der Waals surface area (Å²) in [6.45, 7) is 0.708. The summed E-state index contributed by atoms with van der Waals surface area (Å²) in [5, 5.41) is 4.23. The van der Waals surface area contributed by atoms with E-state index in [-0.39, 0.29) is 5.91 Å². The van der Waals surface area contributed by atoms with Gasteiger partial charge in [0.1, 0.15) is 5.75 Å². The third-order valence-electron chi connectivity index (χ3n) is 4.30. The van der Waals surface area contributed by atoms with E-state index in [1.54, 1.807) is 7.11 Å². The van der Waals surface area contributed by atoms with Gasteiger partial charge in [0.2, 0.25) is 5.91 Å². The van der Waals surface area contributed by atoms with Crippen molar-refractivity contribution >= 4 is 17.2 Å². The van der Waals surface area contributed by atoms with Crippen molar-refractivity contribution in [2.24, 2.45) is 0 Å². The third kappa shape index (κ3) is 4.57. The fourth-order valence-electron chi connectivity index (χ4n) is 2.97. The van der Waals surface area contributed by atoms with Crippen LogP contribution in [0.3, 0.4) is 0 Å². The second kappa shape index (κ2) is 8.29. The number of nitrogens with zero attached hydrogens (tertiary/aromatic N) is 1. The standard InChI is InChI=1S/C19H24N2O2S/c1-23-15-10-8-14(9-11-15)13-18(22)20-12-4-7-19-21-16-5-2-3-6-17(16)24-19/h8-11H,2-7,12-13H2,1H3,(H,20,22). The molecule has 2 aromatic rings. The predicted molar refractivity (Wildman–Crippen MR) is 96.8 cm³/mol. The maximum atomic E-state index is 12.0. The SMILES string of the molecule is COc1ccc(CC(=O)NCCCc2nc3c(s2)CCCC3)cc1. The Balaban J connectivity index is 1.38. The van der Waals surface area contributed by atoms with Crippen LogP contribution in [0.25, 0.3) is 0 Å². The molecule has 3 rings (SSSR count). The van der Waals surface area contributed by atoms with Crippen LogP contribution in [0.4, 0.5) is 0 Å². The number of rotatable bonds is 7. The first kappa shape index (κ1) is 17.0. The van der Waals surface area contributed by atoms with Gasteiger partial charge in [0.05, 0.1) is 24.2 Å². The zero-order valence-corrected chi connectivity index (χ0v) is 15.0. The van der Waals surface area contributed by atoms with Crippen molar-refractivity contribution in [1.29, 1.82) is 0 Å². The predicted octanol–water partition coefficient (Wildman–Crippen LogP) is 3.32. The summed E-state index contributed by atoms with van der Waals surface area (Å²) in [7, 11) is 1.64. The smallest absolute Gasteiger partial charge is 0.224 e. The molecule has 1 N–H and O–H groups in total. The lowest BCUT2D eigenvalue weighted by Gasteiger charge is -2.06. The number of amides is 1. The zero-order valence-electron chi connectivity index (χ0n) is 14.1. The van der Waals surface area contributed by atoms with Crippen LogP contribution in [0, 0.1) is 0 Å². The number of fused-ring (bicyclic) bond motifs is 1. The molecule has 1 aromatic carbocycles. The lowest BCUT2D eigenvalue weighted by molar-refractivity contribution is -0.120. The highest BCUT2D eigenvalue weighted by Crippen LogP contribution is 2.27. The van der Waals surface area contributed by atoms with E-state index in [9.17, 15) is 4.79 Å². The maximum Gasteiger partial charge on any atom is 0.224 e. The van der Waals surface area contributed by atoms with E-state index in [0.717, 1.165) is 30.6 Å². The Labute approximate surface area is 147 Å². The minimum absolute atomic E-state index is 0.0681. The molecule has 0 atom stereocenters. The van der Waals surface area contributed by atoms with Gasteiger partial charge >= 0.3 is 0 Å². The normalized spacial score (nSPS) is 13.4. The van der Waals surface area contributed by atoms with Gasteiger partial charge < -0.3 is 10.1 Å². The Morgan fingerprint density at radius 2 is 2.04 bits per heavy atom. The number of hydrogen-bond acceptors (Lipinski definition) is 4. The van der Waals surface area contributed by atoms with Crippen molar-refractivity contribution in [3.63, 3.8) is 0 Å². The van der Waals surface area contributed by atoms with Crippen LogP contribution in [-0.4, -0.2) is 24.5 Å². The van der Waals surface area contributed by atoms with Crippen LogP contribution in [0.15, 0.2) is 24.3 Å². The van der Waals surface area contributed by atoms with Gasteiger partial charge in [0.15, 0.2) is 0 Å². The third-order valence-corrected chi connectivity index (χ3v) is 5.52. The fraction of sp³-hybridized carbons (Fsp3) is 0.474. The van der Waals surface area contributed by atoms with Gasteiger partial charge in [0, 0.05) is 17.8 Å². The second-order valence-corrected chi connectivity index (χ2v) is 7.33. The molecule has 0 bridgehead atoms. The Bertz CT molecular complexity index is 656. The van der Waals surface area contributed by atoms with Crippen molar-refractivity contribution < 1.29 is 9.53 Å². The average molecular weight is 344 g/mol. The monoisotopic (exact) mass is 344 g/mol. The summed E-state index contributed by atoms with van der Waals surface area (Å²) < 4.78 is 5.12. The summed E-state index contributed by atoms with van der Waals surface area (Å²) >= 11 is 1.86. The van der Waals surface area contributed by atoms with Gasteiger partial charge in [-0.05, 0) is 49.8 Å². The lowest BCUT2D eigenvalue weighted by Crippen LogP contribution is -2.26. The van der Waals surface area contributed by atoms with Crippen molar-refractivity contribution in [3.8, 4) is 5.75 Å². The molecule has 0 unspecified atom stereocenters. The first-order chi connectivity index (χ1) is 11.7. The summed E-state index contributed by atoms with van der Waals surface area (Å²) in [6.07, 6.45) is 7.24. The molecule has 128 valence electrons. The van der Waals surface area contributed by atoms with Crippen LogP contribution >= 0.6 is 11.3 Å². The number of hydrogen-bond donors (Lipinski definition) is 1. The highest BCUT2D eigenvalue weighted by Gasteiger charge is 2.14. The molecule has 24 heavy (non-hydrogen) atoms. The topological polar surface area (TPSA) is 51.2 Å². The molecule has 1 amide bonds. The minimum Gasteiger partial charge on any atom is -0.497 e. The highest BCUT2D eigenvalue weighted by atomic mass is 32.1. The molecule has 0 spiro atoms. The van der Waals surface area contributed by atoms with E-state index in [1.165, 1.54) is 34.8 Å². The second-order valence-electron chi connectivity index (χ2n) is 6.16. The van der Waals surface area contributed by atoms with Gasteiger partial charge in [0.25, 0.3) is 0 Å².